The molecule has 0 aliphatic rings. The van der Waals surface area contributed by atoms with Gasteiger partial charge in [-0.05, 0) is 12.8 Å². The Hall–Kier alpha value is -0.370. The number of halogens is 1. The fraction of sp³-hybridized carbons (Fsp3) is 0.833. The van der Waals surface area contributed by atoms with Gasteiger partial charge in [-0.1, -0.05) is 0 Å². The van der Waals surface area contributed by atoms with Crippen LogP contribution in [-0.2, 0) is 14.8 Å². The molecule has 0 aromatic carbocycles. The highest BCUT2D eigenvalue weighted by Gasteiger charge is 2.14. The summed E-state index contributed by atoms with van der Waals surface area (Å²) in [6, 6.07) is -0.666. The smallest absolute Gasteiger partial charge is 0.362 e. The number of rotatable bonds is 6. The zero-order valence-corrected chi connectivity index (χ0v) is 9.22. The number of sulfonamides is 1. The second kappa shape index (κ2) is 6.99. The molecule has 14 heavy (non-hydrogen) atoms. The molecule has 0 aliphatic heterocycles. The molecule has 0 unspecified atom stereocenters. The largest absolute Gasteiger partial charge is 1.00 e. The van der Waals surface area contributed by atoms with Gasteiger partial charge in [-0.2, -0.15) is 0 Å². The molecule has 86 valence electrons. The summed E-state index contributed by atoms with van der Waals surface area (Å²) >= 11 is 0. The summed E-state index contributed by atoms with van der Waals surface area (Å²) in [5.41, 5.74) is 3.39. The second-order valence-corrected chi connectivity index (χ2v) is 4.63. The lowest BCUT2D eigenvalue weighted by molar-refractivity contribution is -0.409. The van der Waals surface area contributed by atoms with Gasteiger partial charge in [-0.3, -0.25) is 0 Å². The highest BCUT2D eigenvalue weighted by molar-refractivity contribution is 7.89. The maximum absolute atomic E-state index is 10.5. The number of primary sulfonamides is 1. The van der Waals surface area contributed by atoms with Crippen molar-refractivity contribution < 1.29 is 36.5 Å². The van der Waals surface area contributed by atoms with Crippen LogP contribution in [0.25, 0.3) is 0 Å². The zero-order chi connectivity index (χ0) is 10.5. The van der Waals surface area contributed by atoms with E-state index in [1.807, 2.05) is 0 Å². The molecule has 6 N–H and O–H groups in total. The topological polar surface area (TPSA) is 125 Å². The summed E-state index contributed by atoms with van der Waals surface area (Å²) in [6.07, 6.45) is 1.28. The van der Waals surface area contributed by atoms with Crippen molar-refractivity contribution in [2.75, 3.05) is 5.75 Å². The molecule has 0 aliphatic carbocycles. The number of carboxylic acid groups (broad SMARTS) is 1. The van der Waals surface area contributed by atoms with E-state index in [2.05, 4.69) is 5.73 Å². The zero-order valence-electron chi connectivity index (χ0n) is 7.65. The van der Waals surface area contributed by atoms with E-state index in [1.54, 1.807) is 0 Å². The van der Waals surface area contributed by atoms with Crippen molar-refractivity contribution in [3.8, 4) is 0 Å². The van der Waals surface area contributed by atoms with Crippen molar-refractivity contribution in [3.63, 3.8) is 0 Å². The Labute approximate surface area is 89.1 Å². The molecule has 0 spiro atoms. The van der Waals surface area contributed by atoms with Gasteiger partial charge in [0.25, 0.3) is 0 Å². The molecule has 0 bridgehead atoms. The van der Waals surface area contributed by atoms with Crippen LogP contribution in [0.4, 0.5) is 0 Å². The maximum Gasteiger partial charge on any atom is 0.362 e. The molecule has 0 saturated carbocycles. The summed E-state index contributed by atoms with van der Waals surface area (Å²) in [5, 5.41) is 13.2. The number of nitrogens with two attached hydrogens (primary N) is 1. The Morgan fingerprint density at radius 2 is 1.93 bits per heavy atom. The van der Waals surface area contributed by atoms with E-state index in [4.69, 9.17) is 10.2 Å². The Morgan fingerprint density at radius 1 is 1.43 bits per heavy atom. The number of hydrogen-bond donors (Lipinski definition) is 3. The van der Waals surface area contributed by atoms with Gasteiger partial charge in [0.2, 0.25) is 10.0 Å². The van der Waals surface area contributed by atoms with E-state index in [0.29, 0.717) is 19.3 Å². The van der Waals surface area contributed by atoms with Gasteiger partial charge in [0, 0.05) is 6.42 Å². The molecule has 0 heterocycles. The van der Waals surface area contributed by atoms with Crippen LogP contribution in [0, 0.1) is 0 Å². The summed E-state index contributed by atoms with van der Waals surface area (Å²) in [4.78, 5) is 10.3. The lowest BCUT2D eigenvalue weighted by Crippen LogP contribution is -3.00. The van der Waals surface area contributed by atoms with Crippen molar-refractivity contribution in [2.24, 2.45) is 5.14 Å². The number of aliphatic carboxylic acids is 1. The third-order valence-corrected chi connectivity index (χ3v) is 2.44. The quantitative estimate of drug-likeness (QED) is 0.407. The molecule has 6 nitrogen and oxygen atoms in total. The van der Waals surface area contributed by atoms with E-state index < -0.39 is 22.0 Å². The summed E-state index contributed by atoms with van der Waals surface area (Å²) in [6.45, 7) is 0. The highest BCUT2D eigenvalue weighted by Crippen LogP contribution is 1.99. The Morgan fingerprint density at radius 3 is 2.29 bits per heavy atom. The fourth-order valence-corrected chi connectivity index (χ4v) is 1.42. The highest BCUT2D eigenvalue weighted by atomic mass is 35.5. The first kappa shape index (κ1) is 16.1. The van der Waals surface area contributed by atoms with E-state index >= 15 is 0 Å². The molecule has 1 atom stereocenters. The molecule has 0 fully saturated rings. The number of carbonyl (C=O) groups is 1. The van der Waals surface area contributed by atoms with Gasteiger partial charge >= 0.3 is 5.97 Å². The molecule has 0 rings (SSSR count). The maximum atomic E-state index is 10.5. The second-order valence-electron chi connectivity index (χ2n) is 2.90. The van der Waals surface area contributed by atoms with Gasteiger partial charge in [-0.25, -0.2) is 18.4 Å². The molecule has 0 aromatic rings. The van der Waals surface area contributed by atoms with Crippen molar-refractivity contribution >= 4 is 16.0 Å². The van der Waals surface area contributed by atoms with Crippen LogP contribution >= 0.6 is 0 Å². The molecule has 0 amide bonds. The number of unbranched alkanes of at least 4 members (excludes halogenated alkanes) is 1. The minimum atomic E-state index is -3.41. The van der Waals surface area contributed by atoms with E-state index in [1.165, 1.54) is 0 Å². The first-order chi connectivity index (χ1) is 5.83. The molecule has 8 heteroatoms. The Kier molecular flexibility index (Phi) is 8.03. The van der Waals surface area contributed by atoms with Crippen LogP contribution in [0.3, 0.4) is 0 Å². The van der Waals surface area contributed by atoms with Gasteiger partial charge in [0.05, 0.1) is 5.75 Å². The van der Waals surface area contributed by atoms with Gasteiger partial charge in [0.15, 0.2) is 6.04 Å². The van der Waals surface area contributed by atoms with Crippen LogP contribution in [0.1, 0.15) is 19.3 Å². The van der Waals surface area contributed by atoms with Crippen molar-refractivity contribution in [1.29, 1.82) is 0 Å². The van der Waals surface area contributed by atoms with Crippen LogP contribution in [0.15, 0.2) is 0 Å². The summed E-state index contributed by atoms with van der Waals surface area (Å²) in [5.74, 6) is -1.06. The lowest BCUT2D eigenvalue weighted by atomic mass is 10.1. The Bertz CT molecular complexity index is 267. The van der Waals surface area contributed by atoms with Gasteiger partial charge in [0.1, 0.15) is 0 Å². The molecular weight excluding hydrogens is 232 g/mol. The minimum absolute atomic E-state index is 0. The number of quaternary nitrogens is 1. The van der Waals surface area contributed by atoms with Crippen molar-refractivity contribution in [3.05, 3.63) is 0 Å². The molecule has 0 aromatic heterocycles. The first-order valence-electron chi connectivity index (χ1n) is 3.89. The van der Waals surface area contributed by atoms with Crippen LogP contribution < -0.4 is 23.3 Å². The van der Waals surface area contributed by atoms with Crippen molar-refractivity contribution in [1.82, 2.24) is 0 Å². The number of hydrogen-bond acceptors (Lipinski definition) is 3. The van der Waals surface area contributed by atoms with Gasteiger partial charge < -0.3 is 23.2 Å². The average molecular weight is 247 g/mol. The van der Waals surface area contributed by atoms with Crippen LogP contribution in [-0.4, -0.2) is 31.3 Å². The lowest BCUT2D eigenvalue weighted by Gasteiger charge is -2.01. The fourth-order valence-electron chi connectivity index (χ4n) is 0.817. The monoisotopic (exact) mass is 246 g/mol. The van der Waals surface area contributed by atoms with Crippen molar-refractivity contribution in [2.45, 2.75) is 25.3 Å². The van der Waals surface area contributed by atoms with E-state index in [9.17, 15) is 13.2 Å². The summed E-state index contributed by atoms with van der Waals surface area (Å²) < 4.78 is 20.9. The third-order valence-electron chi connectivity index (χ3n) is 1.58. The average Bonchev–Trinajstić information content (AvgIpc) is 1.95. The van der Waals surface area contributed by atoms with Gasteiger partial charge in [-0.15, -0.1) is 0 Å². The molecular formula is C6H15ClN2O4S. The summed E-state index contributed by atoms with van der Waals surface area (Å²) in [7, 11) is -3.41. The standard InChI is InChI=1S/C6H14N2O4S.ClH/c7-5(6(9)10)3-1-2-4-13(8,11)12;/h5H,1-4,7H2,(H,9,10)(H2,8,11,12);1H/t5-;/m0./s1. The predicted molar refractivity (Wildman–Crippen MR) is 46.1 cm³/mol. The Balaban J connectivity index is 0. The number of carboxylic acids is 1. The predicted octanol–water partition coefficient (Wildman–Crippen LogP) is -4.86. The molecule has 0 radical (unpaired) electrons. The molecule has 0 saturated heterocycles. The SMILES string of the molecule is NS(=O)(=O)CCCC[C@H]([NH3+])C(=O)O.[Cl-]. The first-order valence-corrected chi connectivity index (χ1v) is 5.61. The van der Waals surface area contributed by atoms with E-state index in [-0.39, 0.29) is 18.2 Å². The minimum Gasteiger partial charge on any atom is -1.00 e. The van der Waals surface area contributed by atoms with E-state index in [0.717, 1.165) is 0 Å². The normalized spacial score (nSPS) is 13.0. The third kappa shape index (κ3) is 9.72. The van der Waals surface area contributed by atoms with Crippen LogP contribution in [0.5, 0.6) is 0 Å². The van der Waals surface area contributed by atoms with Crippen LogP contribution in [0.2, 0.25) is 0 Å².